The lowest BCUT2D eigenvalue weighted by atomic mass is 9.99. The summed E-state index contributed by atoms with van der Waals surface area (Å²) < 4.78 is 28.6. The van der Waals surface area contributed by atoms with Gasteiger partial charge in [0.05, 0.1) is 32.6 Å². The zero-order valence-corrected chi connectivity index (χ0v) is 18.8. The highest BCUT2D eigenvalue weighted by Crippen LogP contribution is 2.33. The van der Waals surface area contributed by atoms with Gasteiger partial charge in [-0.15, -0.1) is 0 Å². The molecule has 0 N–H and O–H groups in total. The highest BCUT2D eigenvalue weighted by molar-refractivity contribution is 5.70. The van der Waals surface area contributed by atoms with Crippen molar-refractivity contribution < 1.29 is 23.7 Å². The third-order valence-corrected chi connectivity index (χ3v) is 5.32. The third-order valence-electron chi connectivity index (χ3n) is 5.32. The number of ether oxygens (including phenoxy) is 5. The van der Waals surface area contributed by atoms with E-state index < -0.39 is 0 Å². The largest absolute Gasteiger partial charge is 0.491 e. The summed E-state index contributed by atoms with van der Waals surface area (Å²) in [6, 6.07) is 17.9. The number of aromatic nitrogens is 1. The lowest BCUT2D eigenvalue weighted by Crippen LogP contribution is -2.33. The second-order valence-corrected chi connectivity index (χ2v) is 7.82. The number of pyridine rings is 1. The van der Waals surface area contributed by atoms with Gasteiger partial charge in [-0.25, -0.2) is 4.98 Å². The Morgan fingerprint density at radius 2 is 1.69 bits per heavy atom. The Kier molecular flexibility index (Phi) is 7.24. The molecule has 1 saturated heterocycles. The van der Waals surface area contributed by atoms with E-state index >= 15 is 0 Å². The number of hydrogen-bond acceptors (Lipinski definition) is 6. The Bertz CT molecular complexity index is 1010. The monoisotopic (exact) mass is 435 g/mol. The molecule has 0 radical (unpaired) electrons. The predicted octanol–water partition coefficient (Wildman–Crippen LogP) is 4.75. The highest BCUT2D eigenvalue weighted by atomic mass is 16.6. The van der Waals surface area contributed by atoms with Gasteiger partial charge in [-0.2, -0.15) is 0 Å². The van der Waals surface area contributed by atoms with E-state index in [0.29, 0.717) is 44.7 Å². The Labute approximate surface area is 189 Å². The molecular formula is C26H29NO5. The maximum atomic E-state index is 6.02. The van der Waals surface area contributed by atoms with Crippen LogP contribution in [0.15, 0.2) is 54.6 Å². The van der Waals surface area contributed by atoms with Gasteiger partial charge in [0.1, 0.15) is 30.8 Å². The minimum atomic E-state index is -0.0733. The second kappa shape index (κ2) is 10.5. The van der Waals surface area contributed by atoms with Crippen molar-refractivity contribution in [1.29, 1.82) is 0 Å². The molecule has 0 amide bonds. The molecule has 4 rings (SSSR count). The standard InChI is InChI=1S/C26H29NO5/c1-18-11-21(31-15-20-7-5-4-6-8-20)12-19(2)26(18)24-13-22(14-25(27-24)28-3)32-17-23-16-29-9-10-30-23/h4-8,11-14,23H,9-10,15-17H2,1-3H3. The number of methoxy groups -OCH3 is 1. The van der Waals surface area contributed by atoms with Crippen LogP contribution in [-0.4, -0.2) is 44.6 Å². The average Bonchev–Trinajstić information content (AvgIpc) is 2.82. The first-order chi connectivity index (χ1) is 15.6. The van der Waals surface area contributed by atoms with Gasteiger partial charge in [0.25, 0.3) is 0 Å². The van der Waals surface area contributed by atoms with Crippen LogP contribution in [0.2, 0.25) is 0 Å². The van der Waals surface area contributed by atoms with Crippen LogP contribution >= 0.6 is 0 Å². The molecule has 1 aliphatic rings. The Balaban J connectivity index is 1.53. The van der Waals surface area contributed by atoms with Crippen molar-refractivity contribution in [3.63, 3.8) is 0 Å². The van der Waals surface area contributed by atoms with E-state index in [2.05, 4.69) is 31.0 Å². The summed E-state index contributed by atoms with van der Waals surface area (Å²) in [6.45, 7) is 6.83. The van der Waals surface area contributed by atoms with Crippen molar-refractivity contribution >= 4 is 0 Å². The summed E-state index contributed by atoms with van der Waals surface area (Å²) in [5, 5.41) is 0. The molecule has 0 aliphatic carbocycles. The molecule has 168 valence electrons. The van der Waals surface area contributed by atoms with Crippen molar-refractivity contribution in [3.05, 3.63) is 71.3 Å². The van der Waals surface area contributed by atoms with Crippen LogP contribution in [0, 0.1) is 13.8 Å². The van der Waals surface area contributed by atoms with Crippen molar-refractivity contribution in [2.75, 3.05) is 33.5 Å². The van der Waals surface area contributed by atoms with E-state index in [-0.39, 0.29) is 6.10 Å². The lowest BCUT2D eigenvalue weighted by Gasteiger charge is -2.23. The summed E-state index contributed by atoms with van der Waals surface area (Å²) in [5.74, 6) is 2.02. The van der Waals surface area contributed by atoms with Gasteiger partial charge in [0, 0.05) is 17.7 Å². The molecule has 3 aromatic rings. The molecule has 1 unspecified atom stereocenters. The predicted molar refractivity (Wildman–Crippen MR) is 123 cm³/mol. The van der Waals surface area contributed by atoms with Gasteiger partial charge in [-0.1, -0.05) is 30.3 Å². The van der Waals surface area contributed by atoms with Crippen LogP contribution in [0.5, 0.6) is 17.4 Å². The molecule has 1 fully saturated rings. The smallest absolute Gasteiger partial charge is 0.217 e. The van der Waals surface area contributed by atoms with Crippen LogP contribution in [0.4, 0.5) is 0 Å². The number of rotatable bonds is 8. The van der Waals surface area contributed by atoms with E-state index in [4.69, 9.17) is 23.7 Å². The van der Waals surface area contributed by atoms with Crippen LogP contribution < -0.4 is 14.2 Å². The first-order valence-electron chi connectivity index (χ1n) is 10.8. The minimum Gasteiger partial charge on any atom is -0.491 e. The molecule has 6 nitrogen and oxygen atoms in total. The topological polar surface area (TPSA) is 59.0 Å². The molecular weight excluding hydrogens is 406 g/mol. The summed E-state index contributed by atoms with van der Waals surface area (Å²) >= 11 is 0. The van der Waals surface area contributed by atoms with E-state index in [1.807, 2.05) is 36.4 Å². The van der Waals surface area contributed by atoms with Gasteiger partial charge in [0.15, 0.2) is 0 Å². The van der Waals surface area contributed by atoms with Crippen molar-refractivity contribution in [1.82, 2.24) is 4.98 Å². The van der Waals surface area contributed by atoms with E-state index in [1.165, 1.54) is 0 Å². The molecule has 32 heavy (non-hydrogen) atoms. The van der Waals surface area contributed by atoms with Crippen LogP contribution in [0.3, 0.4) is 0 Å². The first-order valence-corrected chi connectivity index (χ1v) is 10.8. The van der Waals surface area contributed by atoms with E-state index in [0.717, 1.165) is 33.7 Å². The van der Waals surface area contributed by atoms with Gasteiger partial charge in [-0.05, 0) is 42.7 Å². The Morgan fingerprint density at radius 1 is 0.938 bits per heavy atom. The molecule has 2 aromatic carbocycles. The summed E-state index contributed by atoms with van der Waals surface area (Å²) in [6.07, 6.45) is -0.0733. The third kappa shape index (κ3) is 5.58. The van der Waals surface area contributed by atoms with Crippen molar-refractivity contribution in [3.8, 4) is 28.6 Å². The highest BCUT2D eigenvalue weighted by Gasteiger charge is 2.17. The Hall–Kier alpha value is -3.09. The first kappa shape index (κ1) is 22.1. The second-order valence-electron chi connectivity index (χ2n) is 7.82. The molecule has 6 heteroatoms. The summed E-state index contributed by atoms with van der Waals surface area (Å²) in [7, 11) is 1.61. The SMILES string of the molecule is COc1cc(OCC2COCCO2)cc(-c2c(C)cc(OCc3ccccc3)cc2C)n1. The number of benzene rings is 2. The maximum Gasteiger partial charge on any atom is 0.217 e. The molecule has 0 spiro atoms. The van der Waals surface area contributed by atoms with E-state index in [9.17, 15) is 0 Å². The molecule has 1 aromatic heterocycles. The summed E-state index contributed by atoms with van der Waals surface area (Å²) in [5.41, 5.74) is 5.12. The number of hydrogen-bond donors (Lipinski definition) is 0. The minimum absolute atomic E-state index is 0.0733. The maximum absolute atomic E-state index is 6.02. The quantitative estimate of drug-likeness (QED) is 0.509. The molecule has 0 saturated carbocycles. The van der Waals surface area contributed by atoms with Crippen LogP contribution in [0.25, 0.3) is 11.3 Å². The van der Waals surface area contributed by atoms with Crippen molar-refractivity contribution in [2.24, 2.45) is 0 Å². The lowest BCUT2D eigenvalue weighted by molar-refractivity contribution is -0.101. The van der Waals surface area contributed by atoms with Crippen LogP contribution in [0.1, 0.15) is 16.7 Å². The van der Waals surface area contributed by atoms with Gasteiger partial charge >= 0.3 is 0 Å². The van der Waals surface area contributed by atoms with Crippen molar-refractivity contribution in [2.45, 2.75) is 26.6 Å². The van der Waals surface area contributed by atoms with Gasteiger partial charge < -0.3 is 23.7 Å². The molecule has 1 aliphatic heterocycles. The fourth-order valence-electron chi connectivity index (χ4n) is 3.77. The normalized spacial score (nSPS) is 15.9. The fraction of sp³-hybridized carbons (Fsp3) is 0.346. The zero-order valence-electron chi connectivity index (χ0n) is 18.8. The van der Waals surface area contributed by atoms with Gasteiger partial charge in [0.2, 0.25) is 5.88 Å². The van der Waals surface area contributed by atoms with Gasteiger partial charge in [-0.3, -0.25) is 0 Å². The van der Waals surface area contributed by atoms with Crippen LogP contribution in [-0.2, 0) is 16.1 Å². The average molecular weight is 436 g/mol. The number of aryl methyl sites for hydroxylation is 2. The van der Waals surface area contributed by atoms with E-state index in [1.54, 1.807) is 13.2 Å². The molecule has 2 heterocycles. The Morgan fingerprint density at radius 3 is 2.38 bits per heavy atom. The zero-order chi connectivity index (χ0) is 22.3. The molecule has 0 bridgehead atoms. The fourth-order valence-corrected chi connectivity index (χ4v) is 3.77. The molecule has 1 atom stereocenters. The summed E-state index contributed by atoms with van der Waals surface area (Å²) in [4.78, 5) is 4.66. The number of nitrogens with zero attached hydrogens (tertiary/aromatic N) is 1.